The molecule has 0 bridgehead atoms. The number of aryl methyl sites for hydroxylation is 1. The summed E-state index contributed by atoms with van der Waals surface area (Å²) in [5.74, 6) is 0.274. The number of carbonyl (C=O) groups is 1. The van der Waals surface area contributed by atoms with Crippen LogP contribution in [0.25, 0.3) is 0 Å². The van der Waals surface area contributed by atoms with Crippen LogP contribution in [0.5, 0.6) is 0 Å². The molecule has 21 heavy (non-hydrogen) atoms. The SMILES string of the molecule is Cc1nc(CCNC(=O)c2noc(C3CCCN3)n2)cs1. The van der Waals surface area contributed by atoms with E-state index in [0.29, 0.717) is 18.9 Å². The summed E-state index contributed by atoms with van der Waals surface area (Å²) in [4.78, 5) is 20.4. The Kier molecular flexibility index (Phi) is 4.26. The largest absolute Gasteiger partial charge is 0.349 e. The van der Waals surface area contributed by atoms with Crippen molar-refractivity contribution in [3.05, 3.63) is 27.8 Å². The molecule has 1 amide bonds. The van der Waals surface area contributed by atoms with Gasteiger partial charge in [-0.05, 0) is 26.3 Å². The van der Waals surface area contributed by atoms with E-state index in [1.165, 1.54) is 0 Å². The van der Waals surface area contributed by atoms with Gasteiger partial charge in [-0.25, -0.2) is 4.98 Å². The number of thiazole rings is 1. The van der Waals surface area contributed by atoms with Crippen LogP contribution in [-0.4, -0.2) is 34.1 Å². The lowest BCUT2D eigenvalue weighted by atomic mass is 10.2. The van der Waals surface area contributed by atoms with Crippen molar-refractivity contribution in [2.45, 2.75) is 32.2 Å². The molecule has 2 N–H and O–H groups in total. The number of rotatable bonds is 5. The van der Waals surface area contributed by atoms with E-state index in [1.807, 2.05) is 12.3 Å². The molecule has 1 fully saturated rings. The van der Waals surface area contributed by atoms with Gasteiger partial charge in [0.05, 0.1) is 16.7 Å². The quantitative estimate of drug-likeness (QED) is 0.863. The van der Waals surface area contributed by atoms with E-state index in [4.69, 9.17) is 4.52 Å². The molecule has 1 saturated heterocycles. The zero-order valence-electron chi connectivity index (χ0n) is 11.8. The van der Waals surface area contributed by atoms with Crippen molar-refractivity contribution in [2.24, 2.45) is 0 Å². The van der Waals surface area contributed by atoms with Crippen molar-refractivity contribution in [3.8, 4) is 0 Å². The smallest absolute Gasteiger partial charge is 0.292 e. The summed E-state index contributed by atoms with van der Waals surface area (Å²) in [5.41, 5.74) is 0.988. The number of nitrogens with one attached hydrogen (secondary N) is 2. The Balaban J connectivity index is 1.50. The Morgan fingerprint density at radius 1 is 1.57 bits per heavy atom. The molecule has 2 aromatic rings. The minimum atomic E-state index is -0.310. The van der Waals surface area contributed by atoms with Gasteiger partial charge < -0.3 is 15.2 Å². The lowest BCUT2D eigenvalue weighted by molar-refractivity contribution is 0.0940. The van der Waals surface area contributed by atoms with Gasteiger partial charge >= 0.3 is 0 Å². The number of nitrogens with zero attached hydrogens (tertiary/aromatic N) is 3. The first kappa shape index (κ1) is 14.2. The Labute approximate surface area is 126 Å². The number of carbonyl (C=O) groups excluding carboxylic acids is 1. The number of amides is 1. The van der Waals surface area contributed by atoms with Crippen molar-refractivity contribution < 1.29 is 9.32 Å². The molecular formula is C13H17N5O2S. The highest BCUT2D eigenvalue weighted by atomic mass is 32.1. The fraction of sp³-hybridized carbons (Fsp3) is 0.538. The van der Waals surface area contributed by atoms with E-state index >= 15 is 0 Å². The summed E-state index contributed by atoms with van der Waals surface area (Å²) in [7, 11) is 0. The molecule has 8 heteroatoms. The summed E-state index contributed by atoms with van der Waals surface area (Å²) in [6.45, 7) is 3.42. The molecule has 0 aromatic carbocycles. The van der Waals surface area contributed by atoms with Crippen LogP contribution >= 0.6 is 11.3 Å². The van der Waals surface area contributed by atoms with E-state index in [0.717, 1.165) is 30.1 Å². The maximum Gasteiger partial charge on any atom is 0.292 e. The van der Waals surface area contributed by atoms with Crippen LogP contribution < -0.4 is 10.6 Å². The summed E-state index contributed by atoms with van der Waals surface area (Å²) < 4.78 is 5.14. The molecule has 7 nitrogen and oxygen atoms in total. The normalized spacial score (nSPS) is 18.0. The van der Waals surface area contributed by atoms with Crippen molar-refractivity contribution in [2.75, 3.05) is 13.1 Å². The molecule has 1 aliphatic rings. The Bertz CT molecular complexity index is 618. The van der Waals surface area contributed by atoms with Crippen LogP contribution in [0.4, 0.5) is 0 Å². The van der Waals surface area contributed by atoms with Crippen LogP contribution in [0.2, 0.25) is 0 Å². The monoisotopic (exact) mass is 307 g/mol. The van der Waals surface area contributed by atoms with E-state index < -0.39 is 0 Å². The average Bonchev–Trinajstić information content (AvgIpc) is 3.19. The zero-order chi connectivity index (χ0) is 14.7. The maximum absolute atomic E-state index is 11.9. The fourth-order valence-corrected chi connectivity index (χ4v) is 2.92. The van der Waals surface area contributed by atoms with Crippen LogP contribution in [0.3, 0.4) is 0 Å². The first-order valence-corrected chi connectivity index (χ1v) is 7.86. The standard InChI is InChI=1S/C13H17N5O2S/c1-8-16-9(7-21-8)4-6-15-12(19)11-17-13(20-18-11)10-3-2-5-14-10/h7,10,14H,2-6H2,1H3,(H,15,19). The van der Waals surface area contributed by atoms with Crippen LogP contribution in [0.15, 0.2) is 9.90 Å². The Hall–Kier alpha value is -1.80. The van der Waals surface area contributed by atoms with Crippen molar-refractivity contribution in [3.63, 3.8) is 0 Å². The van der Waals surface area contributed by atoms with Gasteiger partial charge in [0.15, 0.2) is 0 Å². The number of hydrogen-bond acceptors (Lipinski definition) is 7. The Morgan fingerprint density at radius 3 is 3.19 bits per heavy atom. The molecule has 3 heterocycles. The molecule has 0 spiro atoms. The van der Waals surface area contributed by atoms with Crippen LogP contribution in [-0.2, 0) is 6.42 Å². The van der Waals surface area contributed by atoms with Crippen molar-refractivity contribution >= 4 is 17.2 Å². The summed E-state index contributed by atoms with van der Waals surface area (Å²) in [6.07, 6.45) is 2.75. The van der Waals surface area contributed by atoms with Gasteiger partial charge in [-0.3, -0.25) is 4.79 Å². The third-order valence-corrected chi connectivity index (χ3v) is 4.16. The number of hydrogen-bond donors (Lipinski definition) is 2. The highest BCUT2D eigenvalue weighted by Gasteiger charge is 2.24. The topological polar surface area (TPSA) is 92.9 Å². The van der Waals surface area contributed by atoms with Gasteiger partial charge in [0, 0.05) is 18.3 Å². The van der Waals surface area contributed by atoms with E-state index in [1.54, 1.807) is 11.3 Å². The predicted molar refractivity (Wildman–Crippen MR) is 77.2 cm³/mol. The van der Waals surface area contributed by atoms with E-state index in [-0.39, 0.29) is 17.8 Å². The van der Waals surface area contributed by atoms with Gasteiger partial charge in [0.2, 0.25) is 5.89 Å². The minimum absolute atomic E-state index is 0.0806. The molecule has 1 aliphatic heterocycles. The number of aromatic nitrogens is 3. The molecule has 3 rings (SSSR count). The first-order chi connectivity index (χ1) is 10.2. The molecular weight excluding hydrogens is 290 g/mol. The molecule has 0 saturated carbocycles. The molecule has 112 valence electrons. The third-order valence-electron chi connectivity index (χ3n) is 3.34. The van der Waals surface area contributed by atoms with Crippen LogP contribution in [0, 0.1) is 6.92 Å². The van der Waals surface area contributed by atoms with Gasteiger partial charge in [-0.1, -0.05) is 5.16 Å². The molecule has 1 atom stereocenters. The van der Waals surface area contributed by atoms with Gasteiger partial charge in [-0.2, -0.15) is 4.98 Å². The highest BCUT2D eigenvalue weighted by molar-refractivity contribution is 7.09. The fourth-order valence-electron chi connectivity index (χ4n) is 2.27. The van der Waals surface area contributed by atoms with Crippen molar-refractivity contribution in [1.29, 1.82) is 0 Å². The lowest BCUT2D eigenvalue weighted by Gasteiger charge is -2.01. The second-order valence-electron chi connectivity index (χ2n) is 4.97. The molecule has 2 aromatic heterocycles. The zero-order valence-corrected chi connectivity index (χ0v) is 12.6. The average molecular weight is 307 g/mol. The van der Waals surface area contributed by atoms with Gasteiger partial charge in [0.1, 0.15) is 0 Å². The lowest BCUT2D eigenvalue weighted by Crippen LogP contribution is -2.27. The van der Waals surface area contributed by atoms with Gasteiger partial charge in [-0.15, -0.1) is 11.3 Å². The summed E-state index contributed by atoms with van der Waals surface area (Å²) in [6, 6.07) is 0.0806. The third kappa shape index (κ3) is 3.45. The van der Waals surface area contributed by atoms with Gasteiger partial charge in [0.25, 0.3) is 11.7 Å². The van der Waals surface area contributed by atoms with Crippen molar-refractivity contribution in [1.82, 2.24) is 25.8 Å². The second kappa shape index (κ2) is 6.31. The van der Waals surface area contributed by atoms with E-state index in [2.05, 4.69) is 25.8 Å². The first-order valence-electron chi connectivity index (χ1n) is 6.98. The predicted octanol–water partition coefficient (Wildman–Crippen LogP) is 1.23. The highest BCUT2D eigenvalue weighted by Crippen LogP contribution is 2.20. The van der Waals surface area contributed by atoms with Crippen LogP contribution in [0.1, 0.15) is 46.1 Å². The molecule has 1 unspecified atom stereocenters. The van der Waals surface area contributed by atoms with E-state index in [9.17, 15) is 4.79 Å². The summed E-state index contributed by atoms with van der Waals surface area (Å²) >= 11 is 1.61. The Morgan fingerprint density at radius 2 is 2.48 bits per heavy atom. The maximum atomic E-state index is 11.9. The molecule has 0 aliphatic carbocycles. The summed E-state index contributed by atoms with van der Waals surface area (Å²) in [5, 5.41) is 12.8. The molecule has 0 radical (unpaired) electrons. The second-order valence-corrected chi connectivity index (χ2v) is 6.03. The minimum Gasteiger partial charge on any atom is -0.349 e.